The maximum absolute atomic E-state index is 15.3. The van der Waals surface area contributed by atoms with Gasteiger partial charge in [-0.1, -0.05) is 37.6 Å². The van der Waals surface area contributed by atoms with Gasteiger partial charge in [-0.3, -0.25) is 19.7 Å². The first-order chi connectivity index (χ1) is 18.0. The molecule has 2 N–H and O–H groups in total. The predicted molar refractivity (Wildman–Crippen MR) is 135 cm³/mol. The highest BCUT2D eigenvalue weighted by Gasteiger charge is 2.43. The number of amides is 4. The van der Waals surface area contributed by atoms with Crippen molar-refractivity contribution in [1.29, 1.82) is 0 Å². The number of fused-ring (bicyclic) bond motifs is 1. The second-order valence-corrected chi connectivity index (χ2v) is 11.4. The van der Waals surface area contributed by atoms with Crippen LogP contribution in [0.1, 0.15) is 74.4 Å². The Hall–Kier alpha value is -3.63. The molecule has 1 aromatic rings. The number of benzene rings is 1. The van der Waals surface area contributed by atoms with E-state index in [0.717, 1.165) is 25.1 Å². The lowest BCUT2D eigenvalue weighted by Crippen LogP contribution is -2.52. The standard InChI is InChI=1S/C27H32FN5O5/c1-27(2,3)18-5-4-10-33-20(18)11-17(31-33)14-38-26(37)29-12-15-6-7-16-13-32(25(36)22(16)23(15)28)19-8-9-21(34)30-24(19)35/h6-7,18-19H,4-5,8-14H2,1-3H3,(H-,29,30,34,35,37)/p+1. The minimum Gasteiger partial charge on any atom is -0.443 e. The molecule has 1 aromatic carbocycles. The number of nitrogens with zero attached hydrogens (tertiary/aromatic N) is 3. The van der Waals surface area contributed by atoms with E-state index in [9.17, 15) is 19.2 Å². The van der Waals surface area contributed by atoms with Crippen molar-refractivity contribution >= 4 is 35.2 Å². The number of ether oxygens (including phenoxy) is 1. The summed E-state index contributed by atoms with van der Waals surface area (Å²) in [7, 11) is 0. The summed E-state index contributed by atoms with van der Waals surface area (Å²) in [4.78, 5) is 50.3. The zero-order chi connectivity index (χ0) is 27.2. The van der Waals surface area contributed by atoms with Crippen LogP contribution in [0.4, 0.5) is 9.18 Å². The van der Waals surface area contributed by atoms with E-state index in [2.05, 4.69) is 36.5 Å². The van der Waals surface area contributed by atoms with Gasteiger partial charge >= 0.3 is 6.09 Å². The van der Waals surface area contributed by atoms with Crippen molar-refractivity contribution in [3.05, 3.63) is 34.6 Å². The first-order valence-electron chi connectivity index (χ1n) is 13.1. The molecular weight excluding hydrogens is 493 g/mol. The lowest BCUT2D eigenvalue weighted by atomic mass is 9.73. The van der Waals surface area contributed by atoms with Crippen LogP contribution >= 0.6 is 0 Å². The van der Waals surface area contributed by atoms with Crippen molar-refractivity contribution in [2.75, 3.05) is 13.2 Å². The summed E-state index contributed by atoms with van der Waals surface area (Å²) in [5.41, 5.74) is 2.69. The molecule has 11 heteroatoms. The monoisotopic (exact) mass is 526 g/mol. The van der Waals surface area contributed by atoms with E-state index in [0.29, 0.717) is 17.9 Å². The second-order valence-electron chi connectivity index (χ2n) is 11.4. The molecule has 0 aromatic heterocycles. The Morgan fingerprint density at radius 1 is 1.26 bits per heavy atom. The normalized spacial score (nSPS) is 23.2. The van der Waals surface area contributed by atoms with Crippen molar-refractivity contribution in [2.45, 2.75) is 72.0 Å². The maximum atomic E-state index is 15.3. The van der Waals surface area contributed by atoms with Crippen LogP contribution in [-0.2, 0) is 27.4 Å². The number of alkyl carbamates (subject to hydrolysis) is 1. The number of nitrogens with one attached hydrogen (secondary N) is 2. The molecule has 0 aliphatic carbocycles. The Bertz CT molecular complexity index is 1280. The zero-order valence-electron chi connectivity index (χ0n) is 21.9. The predicted octanol–water partition coefficient (Wildman–Crippen LogP) is 2.48. The first-order valence-corrected chi connectivity index (χ1v) is 13.1. The van der Waals surface area contributed by atoms with Gasteiger partial charge in [0, 0.05) is 37.4 Å². The average Bonchev–Trinajstić information content (AvgIpc) is 3.42. The fourth-order valence-corrected chi connectivity index (χ4v) is 5.85. The molecule has 1 saturated heterocycles. The van der Waals surface area contributed by atoms with Crippen molar-refractivity contribution in [2.24, 2.45) is 16.4 Å². The third-order valence-electron chi connectivity index (χ3n) is 7.79. The van der Waals surface area contributed by atoms with Gasteiger partial charge in [0.15, 0.2) is 12.3 Å². The average molecular weight is 527 g/mol. The van der Waals surface area contributed by atoms with E-state index < -0.39 is 29.8 Å². The Labute approximate surface area is 220 Å². The molecule has 4 aliphatic rings. The van der Waals surface area contributed by atoms with Gasteiger partial charge in [-0.25, -0.2) is 9.18 Å². The Morgan fingerprint density at radius 2 is 2.05 bits per heavy atom. The quantitative estimate of drug-likeness (QED) is 0.451. The Balaban J connectivity index is 1.16. The first kappa shape index (κ1) is 26.0. The summed E-state index contributed by atoms with van der Waals surface area (Å²) >= 11 is 0. The summed E-state index contributed by atoms with van der Waals surface area (Å²) < 4.78 is 22.7. The zero-order valence-corrected chi connectivity index (χ0v) is 21.9. The van der Waals surface area contributed by atoms with E-state index >= 15 is 4.39 Å². The molecule has 38 heavy (non-hydrogen) atoms. The molecule has 202 valence electrons. The van der Waals surface area contributed by atoms with E-state index in [1.54, 1.807) is 6.07 Å². The summed E-state index contributed by atoms with van der Waals surface area (Å²) in [6, 6.07) is 2.31. The molecular formula is C27H33FN5O5+. The molecule has 2 atom stereocenters. The number of piperidine rings is 1. The van der Waals surface area contributed by atoms with Crippen molar-refractivity contribution in [3.8, 4) is 0 Å². The molecule has 10 nitrogen and oxygen atoms in total. The van der Waals surface area contributed by atoms with Gasteiger partial charge in [0.1, 0.15) is 24.2 Å². The van der Waals surface area contributed by atoms with Gasteiger partial charge in [0.05, 0.1) is 12.0 Å². The topological polar surface area (TPSA) is 120 Å². The van der Waals surface area contributed by atoms with Crippen LogP contribution in [0.2, 0.25) is 0 Å². The smallest absolute Gasteiger partial charge is 0.407 e. The largest absolute Gasteiger partial charge is 0.443 e. The second kappa shape index (κ2) is 9.92. The van der Waals surface area contributed by atoms with Gasteiger partial charge in [0.2, 0.25) is 11.8 Å². The van der Waals surface area contributed by atoms with Crippen molar-refractivity contribution < 1.29 is 33.0 Å². The van der Waals surface area contributed by atoms with Crippen molar-refractivity contribution in [1.82, 2.24) is 15.5 Å². The van der Waals surface area contributed by atoms with E-state index in [4.69, 9.17) is 4.74 Å². The molecule has 0 radical (unpaired) electrons. The summed E-state index contributed by atoms with van der Waals surface area (Å²) in [6.45, 7) is 7.53. The maximum Gasteiger partial charge on any atom is 0.407 e. The van der Waals surface area contributed by atoms with Crippen LogP contribution < -0.4 is 10.6 Å². The van der Waals surface area contributed by atoms with Gasteiger partial charge in [0.25, 0.3) is 5.91 Å². The number of rotatable bonds is 5. The van der Waals surface area contributed by atoms with Gasteiger partial charge < -0.3 is 15.0 Å². The van der Waals surface area contributed by atoms with Gasteiger partial charge in [-0.15, -0.1) is 0 Å². The minimum absolute atomic E-state index is 0.0504. The molecule has 0 spiro atoms. The molecule has 5 rings (SSSR count). The highest BCUT2D eigenvalue weighted by molar-refractivity contribution is 6.07. The van der Waals surface area contributed by atoms with Crippen LogP contribution in [-0.4, -0.2) is 64.0 Å². The highest BCUT2D eigenvalue weighted by Crippen LogP contribution is 2.36. The summed E-state index contributed by atoms with van der Waals surface area (Å²) in [6.07, 6.45) is 2.50. The highest BCUT2D eigenvalue weighted by atomic mass is 19.1. The molecule has 4 amide bonds. The number of imide groups is 1. The van der Waals surface area contributed by atoms with E-state index in [-0.39, 0.29) is 55.0 Å². The lowest BCUT2D eigenvalue weighted by molar-refractivity contribution is -0.538. The fraction of sp³-hybridized carbons (Fsp3) is 0.556. The molecule has 4 heterocycles. The Kier molecular flexibility index (Phi) is 6.79. The van der Waals surface area contributed by atoms with E-state index in [1.807, 2.05) is 4.68 Å². The number of carbonyl (C=O) groups excluding carboxylic acids is 4. The SMILES string of the molecule is CC(C)(C)C1CCC[N+]2=C1CC(COC(=O)NCc1ccc3c(c1F)C(=O)N(C1CCC(=O)NC1=O)C3)=N2. The fourth-order valence-electron chi connectivity index (χ4n) is 5.85. The van der Waals surface area contributed by atoms with Crippen LogP contribution in [0.3, 0.4) is 0 Å². The van der Waals surface area contributed by atoms with Crippen LogP contribution in [0.25, 0.3) is 0 Å². The van der Waals surface area contributed by atoms with E-state index in [1.165, 1.54) is 16.7 Å². The molecule has 2 unspecified atom stereocenters. The van der Waals surface area contributed by atoms with Gasteiger partial charge in [-0.05, 0) is 28.9 Å². The number of hydrazone groups is 1. The van der Waals surface area contributed by atoms with Crippen LogP contribution in [0, 0.1) is 17.2 Å². The summed E-state index contributed by atoms with van der Waals surface area (Å²) in [5.74, 6) is -1.83. The number of hydrogen-bond donors (Lipinski definition) is 2. The van der Waals surface area contributed by atoms with Crippen LogP contribution in [0.15, 0.2) is 17.2 Å². The van der Waals surface area contributed by atoms with Crippen LogP contribution in [0.5, 0.6) is 0 Å². The number of hydrogen-bond acceptors (Lipinski definition) is 6. The number of carbonyl (C=O) groups is 4. The molecule has 4 aliphatic heterocycles. The van der Waals surface area contributed by atoms with Gasteiger partial charge in [-0.2, -0.15) is 0 Å². The third-order valence-corrected chi connectivity index (χ3v) is 7.79. The molecule has 1 fully saturated rings. The minimum atomic E-state index is -0.820. The summed E-state index contributed by atoms with van der Waals surface area (Å²) in [5, 5.41) is 9.42. The van der Waals surface area contributed by atoms with Crippen molar-refractivity contribution in [3.63, 3.8) is 0 Å². The molecule has 0 saturated carbocycles. The Morgan fingerprint density at radius 3 is 2.79 bits per heavy atom. The number of halogens is 1. The third kappa shape index (κ3) is 4.93. The lowest BCUT2D eigenvalue weighted by Gasteiger charge is -2.30. The molecule has 0 bridgehead atoms.